The fourth-order valence-electron chi connectivity index (χ4n) is 5.25. The Balaban J connectivity index is 1.17. The Kier molecular flexibility index (Phi) is 6.97. The van der Waals surface area contributed by atoms with Gasteiger partial charge in [0.25, 0.3) is 0 Å². The number of ether oxygens (including phenoxy) is 1. The third kappa shape index (κ3) is 5.28. The van der Waals surface area contributed by atoms with Gasteiger partial charge < -0.3 is 19.4 Å². The number of H-pyrrole nitrogens is 1. The molecular weight excluding hydrogens is 517 g/mol. The normalized spacial score (nSPS) is 17.3. The first-order chi connectivity index (χ1) is 19.7. The van der Waals surface area contributed by atoms with E-state index in [0.717, 1.165) is 16.6 Å². The van der Waals surface area contributed by atoms with Crippen LogP contribution in [-0.4, -0.2) is 58.2 Å². The zero-order valence-electron chi connectivity index (χ0n) is 23.5. The monoisotopic (exact) mass is 549 g/mol. The van der Waals surface area contributed by atoms with Crippen LogP contribution in [0.1, 0.15) is 50.3 Å². The van der Waals surface area contributed by atoms with Crippen LogP contribution >= 0.6 is 0 Å². The molecule has 0 unspecified atom stereocenters. The molecule has 0 atom stereocenters. The predicted octanol–water partition coefficient (Wildman–Crippen LogP) is 5.42. The summed E-state index contributed by atoms with van der Waals surface area (Å²) in [7, 11) is -0.634. The molecule has 1 aliphatic carbocycles. The Morgan fingerprint density at radius 2 is 1.56 bits per heavy atom. The summed E-state index contributed by atoms with van der Waals surface area (Å²) in [6, 6.07) is 24.3. The number of hydrogen-bond acceptors (Lipinski definition) is 7. The average Bonchev–Trinajstić information content (AvgIpc) is 3.66. The SMILES string of the molecule is CC1(C)OB(C(=Cc2ccc(-c3nn[nH]n3)cc2)CNC(=O)OCC2c3ccccc3-c3ccccc32)OC1(C)C. The van der Waals surface area contributed by atoms with E-state index in [9.17, 15) is 4.79 Å². The van der Waals surface area contributed by atoms with Gasteiger partial charge in [-0.05, 0) is 66.2 Å². The van der Waals surface area contributed by atoms with E-state index < -0.39 is 24.4 Å². The number of tetrazole rings is 1. The van der Waals surface area contributed by atoms with E-state index in [1.54, 1.807) is 0 Å². The molecule has 2 aliphatic rings. The Morgan fingerprint density at radius 1 is 0.951 bits per heavy atom. The summed E-state index contributed by atoms with van der Waals surface area (Å²) in [6.07, 6.45) is 1.47. The summed E-state index contributed by atoms with van der Waals surface area (Å²) in [4.78, 5) is 13.0. The molecule has 2 N–H and O–H groups in total. The topological polar surface area (TPSA) is 111 Å². The third-order valence-electron chi connectivity index (χ3n) is 8.20. The van der Waals surface area contributed by atoms with Crippen molar-refractivity contribution in [2.45, 2.75) is 44.8 Å². The first kappa shape index (κ1) is 26.9. The van der Waals surface area contributed by atoms with Gasteiger partial charge in [-0.1, -0.05) is 78.9 Å². The lowest BCUT2D eigenvalue weighted by atomic mass is 9.77. The molecule has 0 radical (unpaired) electrons. The summed E-state index contributed by atoms with van der Waals surface area (Å²) < 4.78 is 18.4. The zero-order valence-corrected chi connectivity index (χ0v) is 23.5. The standard InChI is InChI=1S/C31H32BN5O4/c1-30(2)31(3,4)41-32(40-30)22(17-20-13-15-21(16-14-20)28-34-36-37-35-28)18-33-29(38)39-19-27-25-11-7-5-9-23(25)24-10-6-8-12-26(24)27/h5-17,27H,18-19H2,1-4H3,(H,33,38)(H,34,35,36,37). The number of carbonyl (C=O) groups excluding carboxylic acids is 1. The van der Waals surface area contributed by atoms with Crippen LogP contribution in [0.25, 0.3) is 28.6 Å². The molecule has 41 heavy (non-hydrogen) atoms. The molecule has 6 rings (SSSR count). The molecule has 10 heteroatoms. The van der Waals surface area contributed by atoms with Gasteiger partial charge >= 0.3 is 13.2 Å². The summed E-state index contributed by atoms with van der Waals surface area (Å²) >= 11 is 0. The van der Waals surface area contributed by atoms with E-state index in [0.29, 0.717) is 5.82 Å². The number of benzene rings is 3. The second-order valence-corrected chi connectivity index (χ2v) is 11.3. The van der Waals surface area contributed by atoms with E-state index in [4.69, 9.17) is 14.0 Å². The first-order valence-corrected chi connectivity index (χ1v) is 13.7. The van der Waals surface area contributed by atoms with Gasteiger partial charge in [0.05, 0.1) is 11.2 Å². The van der Waals surface area contributed by atoms with Gasteiger partial charge in [0, 0.05) is 18.0 Å². The van der Waals surface area contributed by atoms with Crippen LogP contribution in [0.5, 0.6) is 0 Å². The van der Waals surface area contributed by atoms with Crippen molar-refractivity contribution in [3.05, 3.63) is 95.0 Å². The van der Waals surface area contributed by atoms with Crippen molar-refractivity contribution in [3.63, 3.8) is 0 Å². The van der Waals surface area contributed by atoms with E-state index >= 15 is 0 Å². The first-order valence-electron chi connectivity index (χ1n) is 13.7. The highest BCUT2D eigenvalue weighted by Gasteiger charge is 2.52. The molecule has 0 saturated carbocycles. The van der Waals surface area contributed by atoms with E-state index in [1.807, 2.05) is 82.3 Å². The fraction of sp³-hybridized carbons (Fsp3) is 0.290. The highest BCUT2D eigenvalue weighted by Crippen LogP contribution is 2.44. The number of aromatic amines is 1. The number of nitrogens with zero attached hydrogens (tertiary/aromatic N) is 3. The molecule has 1 amide bonds. The Labute approximate surface area is 239 Å². The smallest absolute Gasteiger partial charge is 0.449 e. The van der Waals surface area contributed by atoms with Crippen molar-refractivity contribution in [1.29, 1.82) is 0 Å². The van der Waals surface area contributed by atoms with Crippen molar-refractivity contribution in [2.24, 2.45) is 0 Å². The zero-order chi connectivity index (χ0) is 28.6. The van der Waals surface area contributed by atoms with Gasteiger partial charge in [-0.25, -0.2) is 4.79 Å². The third-order valence-corrected chi connectivity index (χ3v) is 8.20. The van der Waals surface area contributed by atoms with Crippen LogP contribution in [-0.2, 0) is 14.0 Å². The van der Waals surface area contributed by atoms with Crippen LogP contribution in [0.15, 0.2) is 78.3 Å². The lowest BCUT2D eigenvalue weighted by molar-refractivity contribution is 0.00578. The van der Waals surface area contributed by atoms with Crippen LogP contribution in [0, 0.1) is 0 Å². The summed E-state index contributed by atoms with van der Waals surface area (Å²) in [6.45, 7) is 8.45. The molecule has 0 spiro atoms. The second kappa shape index (κ2) is 10.6. The molecular formula is C31H32BN5O4. The molecule has 1 fully saturated rings. The van der Waals surface area contributed by atoms with Gasteiger partial charge in [0.1, 0.15) is 6.61 Å². The molecule has 2 heterocycles. The highest BCUT2D eigenvalue weighted by molar-refractivity contribution is 6.56. The Morgan fingerprint density at radius 3 is 2.15 bits per heavy atom. The van der Waals surface area contributed by atoms with E-state index in [2.05, 4.69) is 50.2 Å². The van der Waals surface area contributed by atoms with Gasteiger partial charge in [-0.3, -0.25) is 0 Å². The lowest BCUT2D eigenvalue weighted by Gasteiger charge is -2.32. The number of hydrogen-bond donors (Lipinski definition) is 2. The number of aromatic nitrogens is 4. The minimum absolute atomic E-state index is 0.0102. The lowest BCUT2D eigenvalue weighted by Crippen LogP contribution is -2.41. The van der Waals surface area contributed by atoms with E-state index in [-0.39, 0.29) is 19.1 Å². The molecule has 1 aromatic heterocycles. The predicted molar refractivity (Wildman–Crippen MR) is 157 cm³/mol. The molecule has 1 saturated heterocycles. The second-order valence-electron chi connectivity index (χ2n) is 11.3. The van der Waals surface area contributed by atoms with E-state index in [1.165, 1.54) is 22.3 Å². The van der Waals surface area contributed by atoms with Crippen molar-refractivity contribution in [3.8, 4) is 22.5 Å². The summed E-state index contributed by atoms with van der Waals surface area (Å²) in [5.41, 5.74) is 6.19. The van der Waals surface area contributed by atoms with Gasteiger partial charge in [0.15, 0.2) is 0 Å². The van der Waals surface area contributed by atoms with Crippen LogP contribution in [0.2, 0.25) is 0 Å². The summed E-state index contributed by atoms with van der Waals surface area (Å²) in [5, 5.41) is 17.1. The van der Waals surface area contributed by atoms with Crippen LogP contribution < -0.4 is 5.32 Å². The molecule has 3 aromatic carbocycles. The number of alkyl carbamates (subject to hydrolysis) is 1. The van der Waals surface area contributed by atoms with Gasteiger partial charge in [0.2, 0.25) is 5.82 Å². The van der Waals surface area contributed by atoms with Crippen molar-refractivity contribution < 1.29 is 18.8 Å². The largest absolute Gasteiger partial charge is 0.492 e. The molecule has 1 aliphatic heterocycles. The minimum Gasteiger partial charge on any atom is -0.449 e. The quantitative estimate of drug-likeness (QED) is 0.296. The average molecular weight is 549 g/mol. The van der Waals surface area contributed by atoms with Crippen molar-refractivity contribution in [1.82, 2.24) is 25.9 Å². The van der Waals surface area contributed by atoms with Crippen molar-refractivity contribution >= 4 is 19.3 Å². The van der Waals surface area contributed by atoms with Gasteiger partial charge in [-0.15, -0.1) is 10.2 Å². The fourth-order valence-corrected chi connectivity index (χ4v) is 5.25. The van der Waals surface area contributed by atoms with Gasteiger partial charge in [-0.2, -0.15) is 5.21 Å². The maximum Gasteiger partial charge on any atom is 0.492 e. The number of carbonyl (C=O) groups is 1. The Bertz CT molecular complexity index is 1520. The van der Waals surface area contributed by atoms with Crippen molar-refractivity contribution in [2.75, 3.05) is 13.2 Å². The van der Waals surface area contributed by atoms with Crippen LogP contribution in [0.4, 0.5) is 4.79 Å². The molecule has 0 bridgehead atoms. The number of amides is 1. The van der Waals surface area contributed by atoms with Crippen LogP contribution in [0.3, 0.4) is 0 Å². The number of rotatable bonds is 7. The number of fused-ring (bicyclic) bond motifs is 3. The maximum atomic E-state index is 13.0. The highest BCUT2D eigenvalue weighted by atomic mass is 16.7. The minimum atomic E-state index is -0.634. The maximum absolute atomic E-state index is 13.0. The molecule has 4 aromatic rings. The molecule has 9 nitrogen and oxygen atoms in total. The summed E-state index contributed by atoms with van der Waals surface area (Å²) in [5.74, 6) is 0.507. The number of nitrogens with one attached hydrogen (secondary N) is 2. The molecule has 208 valence electrons. The Hall–Kier alpha value is -4.28.